The minimum Gasteiger partial charge on any atom is -0.396 e. The van der Waals surface area contributed by atoms with Gasteiger partial charge in [0.15, 0.2) is 0 Å². The SMILES string of the molecule is CCCCCCCCCCCCCCCCC(CO)CO. The lowest BCUT2D eigenvalue weighted by atomic mass is 10.0. The smallest absolute Gasteiger partial charge is 0.0481 e. The Morgan fingerprint density at radius 3 is 1.19 bits per heavy atom. The van der Waals surface area contributed by atoms with Crippen molar-refractivity contribution in [2.24, 2.45) is 5.92 Å². The maximum Gasteiger partial charge on any atom is 0.0481 e. The highest BCUT2D eigenvalue weighted by Crippen LogP contribution is 2.14. The third-order valence-electron chi connectivity index (χ3n) is 4.48. The molecular formula is C19H40O2. The van der Waals surface area contributed by atoms with Gasteiger partial charge in [0, 0.05) is 19.1 Å². The first-order chi connectivity index (χ1) is 10.3. The molecule has 0 aromatic carbocycles. The zero-order valence-corrected chi connectivity index (χ0v) is 14.5. The van der Waals surface area contributed by atoms with E-state index in [1.807, 2.05) is 0 Å². The van der Waals surface area contributed by atoms with Crippen molar-refractivity contribution >= 4 is 0 Å². The summed E-state index contributed by atoms with van der Waals surface area (Å²) in [5.74, 6) is 0.113. The zero-order chi connectivity index (χ0) is 15.6. The van der Waals surface area contributed by atoms with E-state index in [1.165, 1.54) is 83.5 Å². The summed E-state index contributed by atoms with van der Waals surface area (Å²) in [7, 11) is 0. The van der Waals surface area contributed by atoms with Gasteiger partial charge < -0.3 is 10.2 Å². The Kier molecular flexibility index (Phi) is 17.9. The molecule has 2 N–H and O–H groups in total. The summed E-state index contributed by atoms with van der Waals surface area (Å²) in [5, 5.41) is 17.9. The number of rotatable bonds is 17. The van der Waals surface area contributed by atoms with Gasteiger partial charge in [-0.1, -0.05) is 96.8 Å². The van der Waals surface area contributed by atoms with E-state index >= 15 is 0 Å². The molecule has 0 saturated carbocycles. The molecule has 0 heterocycles. The monoisotopic (exact) mass is 300 g/mol. The van der Waals surface area contributed by atoms with Crippen molar-refractivity contribution in [1.82, 2.24) is 0 Å². The van der Waals surface area contributed by atoms with E-state index in [2.05, 4.69) is 6.92 Å². The van der Waals surface area contributed by atoms with Crippen LogP contribution < -0.4 is 0 Å². The Hall–Kier alpha value is -0.0800. The van der Waals surface area contributed by atoms with E-state index in [9.17, 15) is 0 Å². The fourth-order valence-corrected chi connectivity index (χ4v) is 2.87. The Labute approximate surface area is 133 Å². The molecule has 21 heavy (non-hydrogen) atoms. The van der Waals surface area contributed by atoms with Gasteiger partial charge in [0.05, 0.1) is 0 Å². The van der Waals surface area contributed by atoms with Gasteiger partial charge in [-0.15, -0.1) is 0 Å². The van der Waals surface area contributed by atoms with Gasteiger partial charge in [-0.25, -0.2) is 0 Å². The third kappa shape index (κ3) is 16.1. The molecule has 0 spiro atoms. The standard InChI is InChI=1S/C19H40O2/c1-2-3-4-5-6-7-8-9-10-11-12-13-14-15-16-19(17-20)18-21/h19-21H,2-18H2,1H3. The van der Waals surface area contributed by atoms with E-state index in [1.54, 1.807) is 0 Å². The van der Waals surface area contributed by atoms with Crippen LogP contribution in [-0.2, 0) is 0 Å². The maximum atomic E-state index is 8.97. The van der Waals surface area contributed by atoms with Crippen molar-refractivity contribution in [1.29, 1.82) is 0 Å². The Balaban J connectivity index is 3.02. The highest BCUT2D eigenvalue weighted by atomic mass is 16.3. The Morgan fingerprint density at radius 2 is 0.857 bits per heavy atom. The molecule has 0 bridgehead atoms. The van der Waals surface area contributed by atoms with Crippen LogP contribution in [0.3, 0.4) is 0 Å². The molecule has 128 valence electrons. The highest BCUT2D eigenvalue weighted by molar-refractivity contribution is 4.56. The van der Waals surface area contributed by atoms with E-state index < -0.39 is 0 Å². The van der Waals surface area contributed by atoms with Crippen molar-refractivity contribution in [3.63, 3.8) is 0 Å². The molecule has 2 heteroatoms. The van der Waals surface area contributed by atoms with Gasteiger partial charge in [0.1, 0.15) is 0 Å². The second-order valence-corrected chi connectivity index (χ2v) is 6.62. The number of hydrogen-bond acceptors (Lipinski definition) is 2. The second-order valence-electron chi connectivity index (χ2n) is 6.62. The first-order valence-corrected chi connectivity index (χ1v) is 9.56. The average molecular weight is 301 g/mol. The van der Waals surface area contributed by atoms with E-state index in [0.29, 0.717) is 0 Å². The molecule has 0 atom stereocenters. The van der Waals surface area contributed by atoms with Crippen LogP contribution in [0.4, 0.5) is 0 Å². The van der Waals surface area contributed by atoms with Crippen LogP contribution >= 0.6 is 0 Å². The predicted molar refractivity (Wildman–Crippen MR) is 92.6 cm³/mol. The molecule has 2 nitrogen and oxygen atoms in total. The Bertz CT molecular complexity index is 178. The molecule has 0 aliphatic heterocycles. The summed E-state index contributed by atoms with van der Waals surface area (Å²) in [6, 6.07) is 0. The van der Waals surface area contributed by atoms with E-state index in [-0.39, 0.29) is 19.1 Å². The zero-order valence-electron chi connectivity index (χ0n) is 14.5. The minimum absolute atomic E-state index is 0.113. The van der Waals surface area contributed by atoms with Gasteiger partial charge in [-0.3, -0.25) is 0 Å². The normalized spacial score (nSPS) is 11.4. The van der Waals surface area contributed by atoms with Gasteiger partial charge in [0.25, 0.3) is 0 Å². The summed E-state index contributed by atoms with van der Waals surface area (Å²) in [6.07, 6.45) is 20.2. The maximum absolute atomic E-state index is 8.97. The van der Waals surface area contributed by atoms with Crippen molar-refractivity contribution in [2.45, 2.75) is 103 Å². The number of hydrogen-bond donors (Lipinski definition) is 2. The number of aliphatic hydroxyl groups is 2. The molecule has 0 aromatic rings. The summed E-state index contributed by atoms with van der Waals surface area (Å²) < 4.78 is 0. The molecule has 0 fully saturated rings. The van der Waals surface area contributed by atoms with Crippen LogP contribution in [0.15, 0.2) is 0 Å². The first-order valence-electron chi connectivity index (χ1n) is 9.56. The quantitative estimate of drug-likeness (QED) is 0.350. The lowest BCUT2D eigenvalue weighted by Crippen LogP contribution is -2.10. The lowest BCUT2D eigenvalue weighted by molar-refractivity contribution is 0.141. The molecule has 0 rings (SSSR count). The summed E-state index contributed by atoms with van der Waals surface area (Å²) in [5.41, 5.74) is 0. The van der Waals surface area contributed by atoms with Crippen molar-refractivity contribution in [2.75, 3.05) is 13.2 Å². The molecule has 0 saturated heterocycles. The topological polar surface area (TPSA) is 40.5 Å². The van der Waals surface area contributed by atoms with E-state index in [4.69, 9.17) is 10.2 Å². The summed E-state index contributed by atoms with van der Waals surface area (Å²) >= 11 is 0. The van der Waals surface area contributed by atoms with Crippen molar-refractivity contribution in [3.8, 4) is 0 Å². The molecule has 0 aliphatic rings. The first kappa shape index (κ1) is 20.9. The van der Waals surface area contributed by atoms with Crippen LogP contribution in [0.5, 0.6) is 0 Å². The molecular weight excluding hydrogens is 260 g/mol. The van der Waals surface area contributed by atoms with Crippen molar-refractivity contribution in [3.05, 3.63) is 0 Å². The fourth-order valence-electron chi connectivity index (χ4n) is 2.87. The van der Waals surface area contributed by atoms with Crippen LogP contribution in [0.2, 0.25) is 0 Å². The summed E-state index contributed by atoms with van der Waals surface area (Å²) in [4.78, 5) is 0. The second kappa shape index (κ2) is 18.0. The molecule has 0 unspecified atom stereocenters. The number of aliphatic hydroxyl groups excluding tert-OH is 2. The van der Waals surface area contributed by atoms with Crippen LogP contribution in [-0.4, -0.2) is 23.4 Å². The predicted octanol–water partition coefficient (Wildman–Crippen LogP) is 5.46. The lowest BCUT2D eigenvalue weighted by Gasteiger charge is -2.09. The molecule has 0 radical (unpaired) electrons. The third-order valence-corrected chi connectivity index (χ3v) is 4.48. The van der Waals surface area contributed by atoms with Gasteiger partial charge in [0.2, 0.25) is 0 Å². The van der Waals surface area contributed by atoms with Gasteiger partial charge in [-0.05, 0) is 6.42 Å². The summed E-state index contributed by atoms with van der Waals surface area (Å²) in [6.45, 7) is 2.54. The molecule has 0 aromatic heterocycles. The molecule has 0 amide bonds. The van der Waals surface area contributed by atoms with Crippen molar-refractivity contribution < 1.29 is 10.2 Å². The fraction of sp³-hybridized carbons (Fsp3) is 1.00. The van der Waals surface area contributed by atoms with Crippen LogP contribution in [0.1, 0.15) is 103 Å². The van der Waals surface area contributed by atoms with Gasteiger partial charge >= 0.3 is 0 Å². The highest BCUT2D eigenvalue weighted by Gasteiger charge is 2.04. The number of unbranched alkanes of at least 4 members (excludes halogenated alkanes) is 13. The van der Waals surface area contributed by atoms with Crippen LogP contribution in [0, 0.1) is 5.92 Å². The van der Waals surface area contributed by atoms with E-state index in [0.717, 1.165) is 12.8 Å². The Morgan fingerprint density at radius 1 is 0.524 bits per heavy atom. The largest absolute Gasteiger partial charge is 0.396 e. The molecule has 0 aliphatic carbocycles. The average Bonchev–Trinajstić information content (AvgIpc) is 2.51. The minimum atomic E-state index is 0.113. The van der Waals surface area contributed by atoms with Crippen LogP contribution in [0.25, 0.3) is 0 Å². The van der Waals surface area contributed by atoms with Gasteiger partial charge in [-0.2, -0.15) is 0 Å².